The second-order valence-corrected chi connectivity index (χ2v) is 4.73. The van der Waals surface area contributed by atoms with Gasteiger partial charge in [0.15, 0.2) is 6.61 Å². The normalized spacial score (nSPS) is 10.4. The lowest BCUT2D eigenvalue weighted by molar-refractivity contribution is 0.283. The molecule has 0 amide bonds. The molecule has 0 saturated carbocycles. The third-order valence-electron chi connectivity index (χ3n) is 3.12. The van der Waals surface area contributed by atoms with Crippen LogP contribution in [0.5, 0.6) is 11.5 Å². The van der Waals surface area contributed by atoms with Crippen molar-refractivity contribution in [3.8, 4) is 11.5 Å². The topological polar surface area (TPSA) is 57.4 Å². The van der Waals surface area contributed by atoms with Crippen molar-refractivity contribution >= 4 is 0 Å². The van der Waals surface area contributed by atoms with Crippen LogP contribution >= 0.6 is 0 Å². The minimum absolute atomic E-state index is 0.255. The first-order chi connectivity index (χ1) is 10.8. The lowest BCUT2D eigenvalue weighted by Crippen LogP contribution is -1.98. The molecule has 0 atom stereocenters. The van der Waals surface area contributed by atoms with Gasteiger partial charge in [-0.15, -0.1) is 0 Å². The summed E-state index contributed by atoms with van der Waals surface area (Å²) in [5.41, 5.74) is 1.13. The number of hydrogen-bond donors (Lipinski definition) is 0. The van der Waals surface area contributed by atoms with Crippen molar-refractivity contribution in [2.24, 2.45) is 0 Å². The van der Waals surface area contributed by atoms with Crippen LogP contribution in [0.1, 0.15) is 17.3 Å². The molecule has 112 valence electrons. The molecule has 2 aromatic carbocycles. The zero-order valence-electron chi connectivity index (χ0n) is 12.2. The van der Waals surface area contributed by atoms with Crippen molar-refractivity contribution in [3.05, 3.63) is 71.9 Å². The third kappa shape index (κ3) is 3.63. The van der Waals surface area contributed by atoms with E-state index in [2.05, 4.69) is 10.1 Å². The average molecular weight is 296 g/mol. The van der Waals surface area contributed by atoms with Gasteiger partial charge in [0.1, 0.15) is 11.5 Å². The number of aromatic nitrogens is 2. The SMILES string of the molecule is COc1cccc(OCc2noc(Cc3ccccc3)n2)c1. The van der Waals surface area contributed by atoms with Gasteiger partial charge in [-0.3, -0.25) is 0 Å². The standard InChI is InChI=1S/C17H16N2O3/c1-20-14-8-5-9-15(11-14)21-12-16-18-17(22-19-16)10-13-6-3-2-4-7-13/h2-9,11H,10,12H2,1H3. The van der Waals surface area contributed by atoms with Crippen molar-refractivity contribution in [1.29, 1.82) is 0 Å². The Balaban J connectivity index is 1.59. The molecule has 0 aliphatic carbocycles. The van der Waals surface area contributed by atoms with Gasteiger partial charge in [-0.2, -0.15) is 4.98 Å². The van der Waals surface area contributed by atoms with E-state index in [-0.39, 0.29) is 6.61 Å². The van der Waals surface area contributed by atoms with Crippen LogP contribution < -0.4 is 9.47 Å². The average Bonchev–Trinajstić information content (AvgIpc) is 3.01. The maximum atomic E-state index is 5.63. The summed E-state index contributed by atoms with van der Waals surface area (Å²) in [6, 6.07) is 17.4. The van der Waals surface area contributed by atoms with Gasteiger partial charge in [-0.05, 0) is 17.7 Å². The smallest absolute Gasteiger partial charge is 0.231 e. The first-order valence-corrected chi connectivity index (χ1v) is 6.96. The predicted molar refractivity (Wildman–Crippen MR) is 80.9 cm³/mol. The molecule has 1 heterocycles. The molecule has 3 rings (SSSR count). The summed E-state index contributed by atoms with van der Waals surface area (Å²) in [7, 11) is 1.62. The van der Waals surface area contributed by atoms with Crippen LogP contribution in [0.25, 0.3) is 0 Å². The maximum Gasteiger partial charge on any atom is 0.231 e. The molecule has 0 spiro atoms. The molecule has 22 heavy (non-hydrogen) atoms. The summed E-state index contributed by atoms with van der Waals surface area (Å²) in [6.07, 6.45) is 0.618. The highest BCUT2D eigenvalue weighted by atomic mass is 16.5. The van der Waals surface area contributed by atoms with Crippen LogP contribution in [0.4, 0.5) is 0 Å². The van der Waals surface area contributed by atoms with Gasteiger partial charge in [0.25, 0.3) is 0 Å². The molecule has 0 fully saturated rings. The van der Waals surface area contributed by atoms with Crippen molar-refractivity contribution in [2.45, 2.75) is 13.0 Å². The van der Waals surface area contributed by atoms with Crippen molar-refractivity contribution in [2.75, 3.05) is 7.11 Å². The molecule has 5 nitrogen and oxygen atoms in total. The second-order valence-electron chi connectivity index (χ2n) is 4.73. The van der Waals surface area contributed by atoms with E-state index in [4.69, 9.17) is 14.0 Å². The highest BCUT2D eigenvalue weighted by Gasteiger charge is 2.08. The van der Waals surface area contributed by atoms with Crippen LogP contribution in [0.2, 0.25) is 0 Å². The van der Waals surface area contributed by atoms with Gasteiger partial charge < -0.3 is 14.0 Å². The Bertz CT molecular complexity index is 726. The van der Waals surface area contributed by atoms with E-state index < -0.39 is 0 Å². The molecule has 0 radical (unpaired) electrons. The van der Waals surface area contributed by atoms with E-state index in [1.54, 1.807) is 7.11 Å². The number of nitrogens with zero attached hydrogens (tertiary/aromatic N) is 2. The third-order valence-corrected chi connectivity index (χ3v) is 3.12. The minimum Gasteiger partial charge on any atom is -0.497 e. The summed E-state index contributed by atoms with van der Waals surface area (Å²) in [6.45, 7) is 0.255. The number of ether oxygens (including phenoxy) is 2. The van der Waals surface area contributed by atoms with E-state index >= 15 is 0 Å². The lowest BCUT2D eigenvalue weighted by Gasteiger charge is -2.05. The number of rotatable bonds is 6. The van der Waals surface area contributed by atoms with Crippen molar-refractivity contribution in [1.82, 2.24) is 10.1 Å². The van der Waals surface area contributed by atoms with Gasteiger partial charge in [0, 0.05) is 6.07 Å². The largest absolute Gasteiger partial charge is 0.497 e. The lowest BCUT2D eigenvalue weighted by atomic mass is 10.1. The fraction of sp³-hybridized carbons (Fsp3) is 0.176. The number of methoxy groups -OCH3 is 1. The maximum absolute atomic E-state index is 5.63. The number of benzene rings is 2. The molecule has 3 aromatic rings. The van der Waals surface area contributed by atoms with Crippen LogP contribution in [0.3, 0.4) is 0 Å². The van der Waals surface area contributed by atoms with E-state index in [1.165, 1.54) is 0 Å². The molecule has 1 aromatic heterocycles. The summed E-state index contributed by atoms with van der Waals surface area (Å²) in [5, 5.41) is 3.93. The zero-order chi connectivity index (χ0) is 15.2. The highest BCUT2D eigenvalue weighted by molar-refractivity contribution is 5.32. The molecular weight excluding hydrogens is 280 g/mol. The summed E-state index contributed by atoms with van der Waals surface area (Å²) >= 11 is 0. The fourth-order valence-corrected chi connectivity index (χ4v) is 2.03. The number of hydrogen-bond acceptors (Lipinski definition) is 5. The van der Waals surface area contributed by atoms with Crippen molar-refractivity contribution < 1.29 is 14.0 Å². The Morgan fingerprint density at radius 2 is 1.82 bits per heavy atom. The Hall–Kier alpha value is -2.82. The molecular formula is C17H16N2O3. The van der Waals surface area contributed by atoms with Gasteiger partial charge in [0.05, 0.1) is 13.5 Å². The fourth-order valence-electron chi connectivity index (χ4n) is 2.03. The van der Waals surface area contributed by atoms with Gasteiger partial charge in [-0.25, -0.2) is 0 Å². The monoisotopic (exact) mass is 296 g/mol. The molecule has 0 N–H and O–H groups in total. The minimum atomic E-state index is 0.255. The summed E-state index contributed by atoms with van der Waals surface area (Å²) in [5.74, 6) is 2.55. The van der Waals surface area contributed by atoms with Crippen LogP contribution in [0.15, 0.2) is 59.1 Å². The molecule has 0 bridgehead atoms. The predicted octanol–water partition coefficient (Wildman–Crippen LogP) is 3.25. The molecule has 0 saturated heterocycles. The Morgan fingerprint density at radius 1 is 1.00 bits per heavy atom. The van der Waals surface area contributed by atoms with E-state index in [0.29, 0.717) is 23.9 Å². The first kappa shape index (κ1) is 14.1. The Labute approximate surface area is 128 Å². The van der Waals surface area contributed by atoms with Crippen LogP contribution in [-0.2, 0) is 13.0 Å². The Morgan fingerprint density at radius 3 is 2.64 bits per heavy atom. The van der Waals surface area contributed by atoms with Crippen LogP contribution in [0, 0.1) is 0 Å². The molecule has 0 aliphatic rings. The second kappa shape index (κ2) is 6.76. The van der Waals surface area contributed by atoms with E-state index in [1.807, 2.05) is 54.6 Å². The van der Waals surface area contributed by atoms with Gasteiger partial charge >= 0.3 is 0 Å². The van der Waals surface area contributed by atoms with Gasteiger partial charge in [-0.1, -0.05) is 41.6 Å². The van der Waals surface area contributed by atoms with E-state index in [0.717, 1.165) is 11.3 Å². The van der Waals surface area contributed by atoms with Crippen molar-refractivity contribution in [3.63, 3.8) is 0 Å². The molecule has 5 heteroatoms. The summed E-state index contributed by atoms with van der Waals surface area (Å²) < 4.78 is 16.0. The molecule has 0 unspecified atom stereocenters. The Kier molecular flexibility index (Phi) is 4.34. The quantitative estimate of drug-likeness (QED) is 0.699. The highest BCUT2D eigenvalue weighted by Crippen LogP contribution is 2.19. The van der Waals surface area contributed by atoms with Gasteiger partial charge in [0.2, 0.25) is 11.7 Å². The molecule has 0 aliphatic heterocycles. The zero-order valence-corrected chi connectivity index (χ0v) is 12.2. The van der Waals surface area contributed by atoms with E-state index in [9.17, 15) is 0 Å². The summed E-state index contributed by atoms with van der Waals surface area (Å²) in [4.78, 5) is 4.33. The van der Waals surface area contributed by atoms with Crippen LogP contribution in [-0.4, -0.2) is 17.3 Å². The first-order valence-electron chi connectivity index (χ1n) is 6.96.